The smallest absolute Gasteiger partial charge is 0.152 e. The molecule has 1 fully saturated rings. The average Bonchev–Trinajstić information content (AvgIpc) is 3.41. The molecule has 0 radical (unpaired) electrons. The van der Waals surface area contributed by atoms with E-state index in [9.17, 15) is 0 Å². The molecule has 3 aromatic rings. The monoisotopic (exact) mass is 363 g/mol. The number of H-pyrrole nitrogens is 1. The van der Waals surface area contributed by atoms with Gasteiger partial charge in [-0.05, 0) is 50.8 Å². The van der Waals surface area contributed by atoms with Crippen LogP contribution >= 0.6 is 0 Å². The molecule has 5 heteroatoms. The molecule has 0 bridgehead atoms. The number of hydrogen-bond donors (Lipinski definition) is 2. The zero-order valence-electron chi connectivity index (χ0n) is 15.6. The van der Waals surface area contributed by atoms with Crippen molar-refractivity contribution in [1.29, 1.82) is 0 Å². The normalized spacial score (nSPS) is 20.6. The summed E-state index contributed by atoms with van der Waals surface area (Å²) in [5, 5.41) is 11.1. The molecule has 1 saturated carbocycles. The van der Waals surface area contributed by atoms with E-state index in [1.807, 2.05) is 25.3 Å². The number of para-hydroxylation sites is 1. The largest absolute Gasteiger partial charge is 0.487 e. The van der Waals surface area contributed by atoms with Crippen LogP contribution in [0.2, 0.25) is 0 Å². The van der Waals surface area contributed by atoms with Crippen molar-refractivity contribution in [2.75, 3.05) is 0 Å². The maximum absolute atomic E-state index is 6.47. The minimum Gasteiger partial charge on any atom is -0.487 e. The summed E-state index contributed by atoms with van der Waals surface area (Å²) in [6, 6.07) is 12.7. The van der Waals surface area contributed by atoms with Crippen LogP contribution in [0.25, 0.3) is 11.5 Å². The van der Waals surface area contributed by atoms with Crippen molar-refractivity contribution in [1.82, 2.24) is 15.5 Å². The molecule has 1 aliphatic heterocycles. The number of hydrogen-bond acceptors (Lipinski definition) is 4. The number of benzene rings is 1. The summed E-state index contributed by atoms with van der Waals surface area (Å²) >= 11 is 0. The third kappa shape index (κ3) is 3.06. The van der Waals surface area contributed by atoms with Crippen LogP contribution in [0.5, 0.6) is 5.75 Å². The third-order valence-electron chi connectivity index (χ3n) is 5.96. The highest BCUT2D eigenvalue weighted by atomic mass is 16.5. The fraction of sp³-hybridized carbons (Fsp3) is 0.409. The van der Waals surface area contributed by atoms with E-state index in [0.29, 0.717) is 0 Å². The molecule has 2 N–H and O–H groups in total. The Balaban J connectivity index is 1.39. The van der Waals surface area contributed by atoms with Crippen LogP contribution in [0.15, 0.2) is 47.0 Å². The first-order valence-corrected chi connectivity index (χ1v) is 9.83. The van der Waals surface area contributed by atoms with Crippen molar-refractivity contribution < 1.29 is 9.15 Å². The molecule has 5 rings (SSSR count). The number of nitrogens with zero attached hydrogens (tertiary/aromatic N) is 1. The number of aromatic amines is 1. The number of rotatable bonds is 4. The van der Waals surface area contributed by atoms with E-state index in [4.69, 9.17) is 9.15 Å². The number of ether oxygens (including phenoxy) is 1. The molecule has 140 valence electrons. The summed E-state index contributed by atoms with van der Waals surface area (Å²) in [6.07, 6.45) is 7.75. The zero-order chi connectivity index (χ0) is 18.3. The summed E-state index contributed by atoms with van der Waals surface area (Å²) in [5.74, 6) is 2.78. The van der Waals surface area contributed by atoms with Gasteiger partial charge in [-0.25, -0.2) is 0 Å². The first-order chi connectivity index (χ1) is 13.2. The number of fused-ring (bicyclic) bond motifs is 1. The van der Waals surface area contributed by atoms with E-state index >= 15 is 0 Å². The van der Waals surface area contributed by atoms with Crippen LogP contribution in [0.4, 0.5) is 0 Å². The molecular weight excluding hydrogens is 338 g/mol. The highest BCUT2D eigenvalue weighted by Crippen LogP contribution is 2.47. The van der Waals surface area contributed by atoms with E-state index in [1.165, 1.54) is 18.4 Å². The van der Waals surface area contributed by atoms with E-state index in [0.717, 1.165) is 54.3 Å². The predicted octanol–water partition coefficient (Wildman–Crippen LogP) is 4.90. The Morgan fingerprint density at radius 2 is 2.04 bits per heavy atom. The van der Waals surface area contributed by atoms with E-state index < -0.39 is 0 Å². The molecule has 27 heavy (non-hydrogen) atoms. The molecule has 1 spiro atoms. The van der Waals surface area contributed by atoms with Crippen molar-refractivity contribution in [3.63, 3.8) is 0 Å². The zero-order valence-corrected chi connectivity index (χ0v) is 15.6. The van der Waals surface area contributed by atoms with E-state index in [1.54, 1.807) is 0 Å². The molecule has 0 saturated heterocycles. The standard InChI is InChI=1S/C22H25N3O2/c1-15-8-9-20(26-15)21-16(14-24-25-21)13-23-18-12-22(10-4-5-11-22)27-19-7-3-2-6-17(18)19/h2-3,6-9,14,18,23H,4-5,10-13H2,1H3,(H,24,25). The van der Waals surface area contributed by atoms with Crippen molar-refractivity contribution in [3.05, 3.63) is 59.5 Å². The van der Waals surface area contributed by atoms with Gasteiger partial charge in [0.15, 0.2) is 5.76 Å². The Morgan fingerprint density at radius 3 is 2.85 bits per heavy atom. The molecule has 1 aromatic carbocycles. The lowest BCUT2D eigenvalue weighted by Gasteiger charge is -2.40. The van der Waals surface area contributed by atoms with Crippen LogP contribution in [0, 0.1) is 6.92 Å². The molecule has 2 aromatic heterocycles. The van der Waals surface area contributed by atoms with Crippen LogP contribution in [0.3, 0.4) is 0 Å². The Hall–Kier alpha value is -2.53. The van der Waals surface area contributed by atoms with Gasteiger partial charge in [-0.3, -0.25) is 5.10 Å². The second kappa shape index (κ2) is 6.57. The Bertz CT molecular complexity index is 936. The molecule has 1 unspecified atom stereocenters. The minimum absolute atomic E-state index is 0.00334. The van der Waals surface area contributed by atoms with Gasteiger partial charge in [-0.2, -0.15) is 5.10 Å². The summed E-state index contributed by atoms with van der Waals surface area (Å²) in [6.45, 7) is 2.69. The van der Waals surface area contributed by atoms with Gasteiger partial charge in [-0.15, -0.1) is 0 Å². The van der Waals surface area contributed by atoms with Gasteiger partial charge in [0.1, 0.15) is 22.8 Å². The highest BCUT2D eigenvalue weighted by molar-refractivity contribution is 5.56. The number of aromatic nitrogens is 2. The maximum atomic E-state index is 6.47. The SMILES string of the molecule is Cc1ccc(-c2[nH]ncc2CNC2CC3(CCCC3)Oc3ccccc32)o1. The summed E-state index contributed by atoms with van der Waals surface area (Å²) in [4.78, 5) is 0. The lowest BCUT2D eigenvalue weighted by atomic mass is 9.86. The highest BCUT2D eigenvalue weighted by Gasteiger charge is 2.42. The summed E-state index contributed by atoms with van der Waals surface area (Å²) in [7, 11) is 0. The van der Waals surface area contributed by atoms with Gasteiger partial charge >= 0.3 is 0 Å². The molecule has 5 nitrogen and oxygen atoms in total. The summed E-state index contributed by atoms with van der Waals surface area (Å²) < 4.78 is 12.2. The first-order valence-electron chi connectivity index (χ1n) is 9.83. The quantitative estimate of drug-likeness (QED) is 0.692. The summed E-state index contributed by atoms with van der Waals surface area (Å²) in [5.41, 5.74) is 3.33. The lowest BCUT2D eigenvalue weighted by Crippen LogP contribution is -2.42. The fourth-order valence-electron chi connectivity index (χ4n) is 4.59. The molecular formula is C22H25N3O2. The third-order valence-corrected chi connectivity index (χ3v) is 5.96. The molecule has 2 aliphatic rings. The average molecular weight is 363 g/mol. The Morgan fingerprint density at radius 1 is 1.19 bits per heavy atom. The molecule has 3 heterocycles. The van der Waals surface area contributed by atoms with Crippen LogP contribution in [-0.2, 0) is 6.54 Å². The molecule has 1 aliphatic carbocycles. The number of aryl methyl sites for hydroxylation is 1. The Labute approximate surface area is 159 Å². The van der Waals surface area contributed by atoms with Crippen LogP contribution < -0.4 is 10.1 Å². The second-order valence-corrected chi connectivity index (χ2v) is 7.85. The minimum atomic E-state index is 0.00334. The fourth-order valence-corrected chi connectivity index (χ4v) is 4.59. The topological polar surface area (TPSA) is 63.1 Å². The maximum Gasteiger partial charge on any atom is 0.152 e. The van der Waals surface area contributed by atoms with Crippen LogP contribution in [0.1, 0.15) is 55.0 Å². The molecule has 0 amide bonds. The number of nitrogens with one attached hydrogen (secondary N) is 2. The van der Waals surface area contributed by atoms with Gasteiger partial charge in [-0.1, -0.05) is 18.2 Å². The van der Waals surface area contributed by atoms with Gasteiger partial charge in [0.05, 0.1) is 6.20 Å². The molecule has 1 atom stereocenters. The van der Waals surface area contributed by atoms with Crippen molar-refractivity contribution >= 4 is 0 Å². The van der Waals surface area contributed by atoms with E-state index in [-0.39, 0.29) is 11.6 Å². The number of furan rings is 1. The van der Waals surface area contributed by atoms with Crippen molar-refractivity contribution in [3.8, 4) is 17.2 Å². The van der Waals surface area contributed by atoms with Gasteiger partial charge in [0.25, 0.3) is 0 Å². The predicted molar refractivity (Wildman–Crippen MR) is 103 cm³/mol. The first kappa shape index (κ1) is 16.6. The van der Waals surface area contributed by atoms with Crippen molar-refractivity contribution in [2.45, 2.75) is 57.2 Å². The van der Waals surface area contributed by atoms with Crippen LogP contribution in [-0.4, -0.2) is 15.8 Å². The van der Waals surface area contributed by atoms with Crippen molar-refractivity contribution in [2.24, 2.45) is 0 Å². The second-order valence-electron chi connectivity index (χ2n) is 7.85. The lowest BCUT2D eigenvalue weighted by molar-refractivity contribution is 0.0365. The van der Waals surface area contributed by atoms with E-state index in [2.05, 4.69) is 39.8 Å². The Kier molecular flexibility index (Phi) is 4.05. The van der Waals surface area contributed by atoms with Gasteiger partial charge in [0, 0.05) is 30.1 Å². The van der Waals surface area contributed by atoms with Gasteiger partial charge < -0.3 is 14.5 Å². The van der Waals surface area contributed by atoms with Gasteiger partial charge in [0.2, 0.25) is 0 Å².